The van der Waals surface area contributed by atoms with Crippen LogP contribution >= 0.6 is 0 Å². The fourth-order valence-corrected chi connectivity index (χ4v) is 6.68. The van der Waals surface area contributed by atoms with Gasteiger partial charge >= 0.3 is 0 Å². The third kappa shape index (κ3) is 5.12. The number of aromatic amines is 5. The molecule has 0 fully saturated rings. The minimum Gasteiger partial charge on any atom is -0.354 e. The van der Waals surface area contributed by atoms with Gasteiger partial charge in [0.2, 0.25) is 0 Å². The summed E-state index contributed by atoms with van der Waals surface area (Å²) in [5.41, 5.74) is 15.6. The van der Waals surface area contributed by atoms with Crippen LogP contribution in [0.2, 0.25) is 0 Å². The van der Waals surface area contributed by atoms with E-state index in [-0.39, 0.29) is 0 Å². The summed E-state index contributed by atoms with van der Waals surface area (Å²) in [6, 6.07) is 25.3. The molecule has 8 nitrogen and oxygen atoms in total. The maximum Gasteiger partial charge on any atom is 0.260 e. The lowest BCUT2D eigenvalue weighted by atomic mass is 10.1. The molecule has 7 aromatic rings. The van der Waals surface area contributed by atoms with Crippen molar-refractivity contribution < 1.29 is 19.5 Å². The number of aryl methyl sites for hydroxylation is 1. The molecule has 0 aliphatic carbocycles. The standard InChI is InChI=1S/C41H29N8/c1-26-16-24-49(25-17-26)41-36-8-6-34(47-36)39(28-12-20-43-21-13-28)32-4-2-30(45-32)38(27-10-18-42-19-11-27)31-3-5-33(46-31)40(29-14-22-44-23-15-29)35-7-9-37(41)48-35/h2-25,45,48H,1H3/q+1/p+3. The topological polar surface area (TPSA) is 104 Å². The summed E-state index contributed by atoms with van der Waals surface area (Å²) in [6.45, 7) is 2.10. The fraction of sp³-hybridized carbons (Fsp3) is 0.0244. The maximum absolute atomic E-state index is 5.33. The Hall–Kier alpha value is -6.80. The number of H-pyrrole nitrogens is 5. The summed E-state index contributed by atoms with van der Waals surface area (Å²) in [6.07, 6.45) is 24.3. The molecule has 0 amide bonds. The minimum absolute atomic E-state index is 0.855. The van der Waals surface area contributed by atoms with Crippen LogP contribution in [0.15, 0.2) is 122 Å². The fourth-order valence-electron chi connectivity index (χ4n) is 6.68. The Balaban J connectivity index is 1.48. The van der Waals surface area contributed by atoms with Crippen LogP contribution in [0.1, 0.15) is 28.3 Å². The van der Waals surface area contributed by atoms with Crippen molar-refractivity contribution in [3.8, 4) is 39.1 Å². The highest BCUT2D eigenvalue weighted by Crippen LogP contribution is 2.36. The average molecular weight is 637 g/mol. The van der Waals surface area contributed by atoms with E-state index >= 15 is 0 Å². The van der Waals surface area contributed by atoms with Gasteiger partial charge in [-0.05, 0) is 77.7 Å². The molecule has 9 heterocycles. The summed E-state index contributed by atoms with van der Waals surface area (Å²) in [5.74, 6) is 0. The van der Waals surface area contributed by atoms with Crippen molar-refractivity contribution in [3.05, 3.63) is 151 Å². The van der Waals surface area contributed by atoms with Crippen molar-refractivity contribution in [1.29, 1.82) is 0 Å². The zero-order valence-corrected chi connectivity index (χ0v) is 26.7. The van der Waals surface area contributed by atoms with E-state index in [0.717, 1.165) is 83.9 Å². The van der Waals surface area contributed by atoms with Crippen LogP contribution in [0.3, 0.4) is 0 Å². The molecule has 0 radical (unpaired) electrons. The third-order valence-electron chi connectivity index (χ3n) is 9.00. The van der Waals surface area contributed by atoms with Gasteiger partial charge in [0, 0.05) is 81.8 Å². The van der Waals surface area contributed by atoms with Crippen molar-refractivity contribution in [2.75, 3.05) is 0 Å². The van der Waals surface area contributed by atoms with Crippen molar-refractivity contribution in [3.63, 3.8) is 0 Å². The van der Waals surface area contributed by atoms with Gasteiger partial charge in [-0.2, -0.15) is 4.57 Å². The molecule has 0 atom stereocenters. The lowest BCUT2D eigenvalue weighted by molar-refractivity contribution is -0.594. The normalized spacial score (nSPS) is 12.0. The summed E-state index contributed by atoms with van der Waals surface area (Å²) < 4.78 is 2.14. The van der Waals surface area contributed by atoms with Gasteiger partial charge in [-0.15, -0.1) is 0 Å². The molecule has 0 saturated carbocycles. The Morgan fingerprint density at radius 2 is 0.816 bits per heavy atom. The SMILES string of the molecule is Cc1cc[n+](-c2c3nc(c(-c4cc[nH+]cc4)c4ccc([nH]4)c(-c4cc[nH+]cc4)c4nc(c(-c5cc[nH+]cc5)c5ccc2[nH]5)C=C4)C=C3)cc1. The molecule has 232 valence electrons. The summed E-state index contributed by atoms with van der Waals surface area (Å²) >= 11 is 0. The van der Waals surface area contributed by atoms with Crippen LogP contribution in [0.25, 0.3) is 85.4 Å². The van der Waals surface area contributed by atoms with Crippen molar-refractivity contribution in [2.24, 2.45) is 0 Å². The first-order valence-electron chi connectivity index (χ1n) is 16.2. The largest absolute Gasteiger partial charge is 0.354 e. The second kappa shape index (κ2) is 11.8. The maximum atomic E-state index is 5.33. The minimum atomic E-state index is 0.855. The van der Waals surface area contributed by atoms with Crippen LogP contribution in [-0.4, -0.2) is 19.9 Å². The Labute approximate surface area is 281 Å². The van der Waals surface area contributed by atoms with Crippen molar-refractivity contribution >= 4 is 46.4 Å². The number of nitrogens with one attached hydrogen (secondary N) is 5. The van der Waals surface area contributed by atoms with Gasteiger partial charge in [-0.3, -0.25) is 0 Å². The summed E-state index contributed by atoms with van der Waals surface area (Å²) in [5, 5.41) is 0. The Kier molecular flexibility index (Phi) is 6.83. The number of pyridine rings is 4. The van der Waals surface area contributed by atoms with E-state index in [4.69, 9.17) is 9.97 Å². The van der Waals surface area contributed by atoms with E-state index in [1.54, 1.807) is 0 Å². The van der Waals surface area contributed by atoms with Gasteiger partial charge in [-0.25, -0.2) is 24.9 Å². The van der Waals surface area contributed by atoms with E-state index in [1.807, 2.05) is 37.2 Å². The first kappa shape index (κ1) is 28.4. The molecule has 8 bridgehead atoms. The number of aromatic nitrogens is 8. The van der Waals surface area contributed by atoms with Gasteiger partial charge in [0.25, 0.3) is 5.69 Å². The predicted octanol–water partition coefficient (Wildman–Crippen LogP) is 6.68. The number of rotatable bonds is 4. The molecule has 0 saturated heterocycles. The van der Waals surface area contributed by atoms with Gasteiger partial charge in [-0.1, -0.05) is 0 Å². The highest BCUT2D eigenvalue weighted by atomic mass is 15.0. The Morgan fingerprint density at radius 1 is 0.449 bits per heavy atom. The average Bonchev–Trinajstić information content (AvgIpc) is 3.98. The first-order chi connectivity index (χ1) is 24.2. The lowest BCUT2D eigenvalue weighted by Gasteiger charge is -2.04. The van der Waals surface area contributed by atoms with Gasteiger partial charge in [0.1, 0.15) is 11.2 Å². The zero-order valence-electron chi connectivity index (χ0n) is 26.7. The molecule has 49 heavy (non-hydrogen) atoms. The van der Waals surface area contributed by atoms with Crippen LogP contribution in [-0.2, 0) is 0 Å². The third-order valence-corrected chi connectivity index (χ3v) is 9.00. The highest BCUT2D eigenvalue weighted by molar-refractivity contribution is 5.97. The second-order valence-corrected chi connectivity index (χ2v) is 12.1. The van der Waals surface area contributed by atoms with Crippen molar-refractivity contribution in [1.82, 2.24) is 19.9 Å². The Morgan fingerprint density at radius 3 is 1.27 bits per heavy atom. The molecular formula is C41H32N8+4. The van der Waals surface area contributed by atoms with E-state index in [1.165, 1.54) is 5.56 Å². The van der Waals surface area contributed by atoms with Crippen LogP contribution in [0.5, 0.6) is 0 Å². The highest BCUT2D eigenvalue weighted by Gasteiger charge is 2.22. The monoisotopic (exact) mass is 636 g/mol. The first-order valence-corrected chi connectivity index (χ1v) is 16.2. The number of hydrogen-bond acceptors (Lipinski definition) is 2. The second-order valence-electron chi connectivity index (χ2n) is 12.1. The van der Waals surface area contributed by atoms with E-state index in [9.17, 15) is 0 Å². The summed E-state index contributed by atoms with van der Waals surface area (Å²) in [4.78, 5) is 27.7. The molecule has 2 aliphatic heterocycles. The van der Waals surface area contributed by atoms with Crippen LogP contribution < -0.4 is 19.5 Å². The number of nitrogens with zero attached hydrogens (tertiary/aromatic N) is 3. The van der Waals surface area contributed by atoms with Crippen LogP contribution in [0, 0.1) is 6.92 Å². The molecule has 0 spiro atoms. The van der Waals surface area contributed by atoms with Gasteiger partial charge in [0.05, 0.1) is 17.1 Å². The van der Waals surface area contributed by atoms with Crippen molar-refractivity contribution in [2.45, 2.75) is 6.92 Å². The molecular weight excluding hydrogens is 605 g/mol. The molecule has 0 aromatic carbocycles. The molecule has 2 aliphatic rings. The molecule has 8 heteroatoms. The number of hydrogen-bond donors (Lipinski definition) is 2. The lowest BCUT2D eigenvalue weighted by Crippen LogP contribution is -2.30. The smallest absolute Gasteiger partial charge is 0.260 e. The molecule has 9 rings (SSSR count). The van der Waals surface area contributed by atoms with E-state index < -0.39 is 0 Å². The van der Waals surface area contributed by atoms with Gasteiger partial charge in [0.15, 0.2) is 49.6 Å². The van der Waals surface area contributed by atoms with Gasteiger partial charge < -0.3 is 9.97 Å². The number of fused-ring (bicyclic) bond motifs is 8. The van der Waals surface area contributed by atoms with Crippen LogP contribution in [0.4, 0.5) is 0 Å². The predicted molar refractivity (Wildman–Crippen MR) is 191 cm³/mol. The van der Waals surface area contributed by atoms with E-state index in [0.29, 0.717) is 0 Å². The molecule has 5 N–H and O–H groups in total. The quantitative estimate of drug-likeness (QED) is 0.210. The molecule has 0 unspecified atom stereocenters. The Bertz CT molecular complexity index is 2550. The summed E-state index contributed by atoms with van der Waals surface area (Å²) in [7, 11) is 0. The zero-order chi connectivity index (χ0) is 32.7. The molecule has 7 aromatic heterocycles. The van der Waals surface area contributed by atoms with E-state index in [2.05, 4.69) is 146 Å².